The van der Waals surface area contributed by atoms with Gasteiger partial charge >= 0.3 is 11.9 Å². The van der Waals surface area contributed by atoms with Crippen LogP contribution in [0.1, 0.15) is 10.4 Å². The lowest BCUT2D eigenvalue weighted by atomic mass is 10.1. The van der Waals surface area contributed by atoms with Gasteiger partial charge in [-0.05, 0) is 18.2 Å². The van der Waals surface area contributed by atoms with E-state index in [1.165, 1.54) is 37.3 Å². The van der Waals surface area contributed by atoms with E-state index < -0.39 is 17.8 Å². The van der Waals surface area contributed by atoms with Crippen LogP contribution in [0.25, 0.3) is 0 Å². The maximum absolute atomic E-state index is 12.5. The molecule has 0 aliphatic carbocycles. The number of benzene rings is 1. The lowest BCUT2D eigenvalue weighted by Gasteiger charge is -2.16. The van der Waals surface area contributed by atoms with Gasteiger partial charge in [-0.2, -0.15) is 0 Å². The van der Waals surface area contributed by atoms with E-state index in [1.807, 2.05) is 0 Å². The summed E-state index contributed by atoms with van der Waals surface area (Å²) >= 11 is 0. The number of β-amino-alcohol motifs (C(OH)–C–C–N with tert-alkyl or cyclic N) is 1. The molecular formula is C16H18N2O7. The zero-order chi connectivity index (χ0) is 18.6. The van der Waals surface area contributed by atoms with E-state index in [1.54, 1.807) is 0 Å². The van der Waals surface area contributed by atoms with Crippen LogP contribution in [-0.2, 0) is 14.3 Å². The van der Waals surface area contributed by atoms with E-state index in [2.05, 4.69) is 5.32 Å². The Kier molecular flexibility index (Phi) is 5.60. The summed E-state index contributed by atoms with van der Waals surface area (Å²) in [5.74, 6) is -2.06. The monoisotopic (exact) mass is 350 g/mol. The van der Waals surface area contributed by atoms with E-state index in [0.29, 0.717) is 5.69 Å². The second kappa shape index (κ2) is 7.67. The molecule has 0 atom stereocenters. The van der Waals surface area contributed by atoms with Crippen molar-refractivity contribution in [3.05, 3.63) is 35.0 Å². The summed E-state index contributed by atoms with van der Waals surface area (Å²) in [6.07, 6.45) is 0. The molecule has 0 radical (unpaired) electrons. The Morgan fingerprint density at radius 2 is 2.04 bits per heavy atom. The molecule has 134 valence electrons. The van der Waals surface area contributed by atoms with E-state index in [-0.39, 0.29) is 42.3 Å². The summed E-state index contributed by atoms with van der Waals surface area (Å²) in [5, 5.41) is 20.9. The number of ether oxygens (including phenoxy) is 2. The molecule has 1 aliphatic rings. The van der Waals surface area contributed by atoms with E-state index in [9.17, 15) is 14.4 Å². The van der Waals surface area contributed by atoms with Crippen molar-refractivity contribution in [1.82, 2.24) is 4.90 Å². The van der Waals surface area contributed by atoms with Crippen molar-refractivity contribution in [1.29, 1.82) is 0 Å². The molecule has 9 heteroatoms. The van der Waals surface area contributed by atoms with Gasteiger partial charge in [0.15, 0.2) is 0 Å². The van der Waals surface area contributed by atoms with Crippen LogP contribution in [0, 0.1) is 0 Å². The Bertz CT molecular complexity index is 742. The third kappa shape index (κ3) is 3.72. The topological polar surface area (TPSA) is 125 Å². The SMILES string of the molecule is COC(=O)C1=C(Nc2ccc(C(=O)O)cc2OC)C(=O)N(CCO)C1. The van der Waals surface area contributed by atoms with Gasteiger partial charge in [-0.25, -0.2) is 9.59 Å². The Morgan fingerprint density at radius 1 is 1.32 bits per heavy atom. The second-order valence-corrected chi connectivity index (χ2v) is 5.14. The Labute approximate surface area is 143 Å². The van der Waals surface area contributed by atoms with Crippen LogP contribution in [0.15, 0.2) is 29.5 Å². The number of methoxy groups -OCH3 is 2. The summed E-state index contributed by atoms with van der Waals surface area (Å²) in [4.78, 5) is 36.7. The minimum absolute atomic E-state index is 0.00155. The highest BCUT2D eigenvalue weighted by atomic mass is 16.5. The van der Waals surface area contributed by atoms with Crippen molar-refractivity contribution in [2.24, 2.45) is 0 Å². The molecule has 0 saturated carbocycles. The molecule has 0 aromatic heterocycles. The van der Waals surface area contributed by atoms with Gasteiger partial charge in [-0.15, -0.1) is 0 Å². The third-order valence-corrected chi connectivity index (χ3v) is 3.66. The lowest BCUT2D eigenvalue weighted by Crippen LogP contribution is -2.31. The maximum Gasteiger partial charge on any atom is 0.337 e. The fourth-order valence-electron chi connectivity index (χ4n) is 2.41. The number of aliphatic hydroxyl groups is 1. The van der Waals surface area contributed by atoms with Crippen LogP contribution >= 0.6 is 0 Å². The van der Waals surface area contributed by atoms with Crippen LogP contribution in [0.5, 0.6) is 5.75 Å². The van der Waals surface area contributed by atoms with Crippen LogP contribution in [0.3, 0.4) is 0 Å². The number of carbonyl (C=O) groups is 3. The van der Waals surface area contributed by atoms with Crippen LogP contribution in [-0.4, -0.2) is 66.9 Å². The predicted octanol–water partition coefficient (Wildman–Crippen LogP) is 0.0669. The number of amides is 1. The molecule has 0 bridgehead atoms. The zero-order valence-corrected chi connectivity index (χ0v) is 13.7. The normalized spacial score (nSPS) is 13.9. The van der Waals surface area contributed by atoms with Gasteiger partial charge in [-0.1, -0.05) is 0 Å². The van der Waals surface area contributed by atoms with Crippen molar-refractivity contribution in [3.63, 3.8) is 0 Å². The molecule has 0 spiro atoms. The summed E-state index contributed by atoms with van der Waals surface area (Å²) < 4.78 is 9.85. The molecule has 0 unspecified atom stereocenters. The number of carbonyl (C=O) groups excluding carboxylic acids is 2. The van der Waals surface area contributed by atoms with Crippen LogP contribution in [0.2, 0.25) is 0 Å². The lowest BCUT2D eigenvalue weighted by molar-refractivity contribution is -0.136. The summed E-state index contributed by atoms with van der Waals surface area (Å²) in [6.45, 7) is -0.173. The highest BCUT2D eigenvalue weighted by Crippen LogP contribution is 2.30. The van der Waals surface area contributed by atoms with Crippen LogP contribution in [0.4, 0.5) is 5.69 Å². The second-order valence-electron chi connectivity index (χ2n) is 5.14. The maximum atomic E-state index is 12.5. The number of rotatable bonds is 7. The van der Waals surface area contributed by atoms with Gasteiger partial charge < -0.3 is 29.9 Å². The van der Waals surface area contributed by atoms with Crippen molar-refractivity contribution >= 4 is 23.5 Å². The fraction of sp³-hybridized carbons (Fsp3) is 0.312. The first kappa shape index (κ1) is 18.3. The Morgan fingerprint density at radius 3 is 2.60 bits per heavy atom. The first-order chi connectivity index (χ1) is 11.9. The third-order valence-electron chi connectivity index (χ3n) is 3.66. The number of carboxylic acids is 1. The van der Waals surface area contributed by atoms with Gasteiger partial charge in [0.2, 0.25) is 0 Å². The molecule has 1 heterocycles. The van der Waals surface area contributed by atoms with Crippen molar-refractivity contribution in [2.75, 3.05) is 39.2 Å². The number of esters is 1. The molecule has 0 fully saturated rings. The number of hydrogen-bond donors (Lipinski definition) is 3. The number of aromatic carboxylic acids is 1. The molecule has 3 N–H and O–H groups in total. The molecule has 25 heavy (non-hydrogen) atoms. The smallest absolute Gasteiger partial charge is 0.337 e. The van der Waals surface area contributed by atoms with Crippen LogP contribution < -0.4 is 10.1 Å². The molecule has 1 aliphatic heterocycles. The molecule has 2 rings (SSSR count). The predicted molar refractivity (Wildman–Crippen MR) is 86.3 cm³/mol. The van der Waals surface area contributed by atoms with Gasteiger partial charge in [0.1, 0.15) is 11.4 Å². The van der Waals surface area contributed by atoms with Crippen molar-refractivity contribution in [3.8, 4) is 5.75 Å². The number of carboxylic acid groups (broad SMARTS) is 1. The minimum atomic E-state index is -1.12. The highest BCUT2D eigenvalue weighted by molar-refractivity contribution is 6.08. The quantitative estimate of drug-likeness (QED) is 0.590. The van der Waals surface area contributed by atoms with E-state index in [4.69, 9.17) is 19.7 Å². The number of nitrogens with zero attached hydrogens (tertiary/aromatic N) is 1. The average Bonchev–Trinajstić information content (AvgIpc) is 2.91. The first-order valence-corrected chi connectivity index (χ1v) is 7.32. The Hall–Kier alpha value is -3.07. The average molecular weight is 350 g/mol. The zero-order valence-electron chi connectivity index (χ0n) is 13.7. The highest BCUT2D eigenvalue weighted by Gasteiger charge is 2.34. The standard InChI is InChI=1S/C16H18N2O7/c1-24-12-7-9(15(21)22)3-4-11(12)17-13-10(16(23)25-2)8-18(5-6-19)14(13)20/h3-4,7,17,19H,5-6,8H2,1-2H3,(H,21,22). The first-order valence-electron chi connectivity index (χ1n) is 7.32. The van der Waals surface area contributed by atoms with Gasteiger partial charge in [-0.3, -0.25) is 4.79 Å². The Balaban J connectivity index is 2.39. The van der Waals surface area contributed by atoms with Gasteiger partial charge in [0.25, 0.3) is 5.91 Å². The molecule has 9 nitrogen and oxygen atoms in total. The van der Waals surface area contributed by atoms with E-state index in [0.717, 1.165) is 0 Å². The molecule has 0 saturated heterocycles. The molecular weight excluding hydrogens is 332 g/mol. The number of nitrogens with one attached hydrogen (secondary N) is 1. The molecule has 1 aromatic rings. The minimum Gasteiger partial charge on any atom is -0.495 e. The van der Waals surface area contributed by atoms with Gasteiger partial charge in [0, 0.05) is 6.54 Å². The summed E-state index contributed by atoms with van der Waals surface area (Å²) in [6, 6.07) is 4.08. The summed E-state index contributed by atoms with van der Waals surface area (Å²) in [5.41, 5.74) is 0.458. The summed E-state index contributed by atoms with van der Waals surface area (Å²) in [7, 11) is 2.56. The molecule has 1 aromatic carbocycles. The number of aliphatic hydroxyl groups excluding tert-OH is 1. The molecule has 1 amide bonds. The van der Waals surface area contributed by atoms with Gasteiger partial charge in [0.05, 0.1) is 44.2 Å². The van der Waals surface area contributed by atoms with Crippen molar-refractivity contribution < 1.29 is 34.1 Å². The van der Waals surface area contributed by atoms with Crippen molar-refractivity contribution in [2.45, 2.75) is 0 Å². The van der Waals surface area contributed by atoms with E-state index >= 15 is 0 Å². The fourth-order valence-corrected chi connectivity index (χ4v) is 2.41. The number of hydrogen-bond acceptors (Lipinski definition) is 7. The largest absolute Gasteiger partial charge is 0.495 e. The number of anilines is 1.